The van der Waals surface area contributed by atoms with Gasteiger partial charge < -0.3 is 25.6 Å². The highest BCUT2D eigenvalue weighted by atomic mass is 16.5. The van der Waals surface area contributed by atoms with Crippen molar-refractivity contribution in [2.24, 2.45) is 23.0 Å². The number of esters is 1. The molecule has 4 N–H and O–H groups in total. The lowest BCUT2D eigenvalue weighted by Gasteiger charge is -2.33. The lowest BCUT2D eigenvalue weighted by molar-refractivity contribution is -0.151. The average molecular weight is 563 g/mol. The SMILES string of the molecule is CCCCC(C)(C)C(=O)NCC(O)C(N)CC(C(C)C)C(OC(C)=O)c1ccc2cnn(CC)c2c1.CCOC. The molecule has 4 unspecified atom stereocenters. The van der Waals surface area contributed by atoms with Crippen molar-refractivity contribution in [1.82, 2.24) is 15.1 Å². The van der Waals surface area contributed by atoms with Crippen LogP contribution in [0.4, 0.5) is 0 Å². The molecule has 0 aliphatic heterocycles. The molecule has 2 rings (SSSR count). The minimum atomic E-state index is -0.917. The molecule has 0 aliphatic rings. The number of ether oxygens (including phenoxy) is 2. The highest BCUT2D eigenvalue weighted by molar-refractivity contribution is 5.81. The number of hydrogen-bond donors (Lipinski definition) is 3. The van der Waals surface area contributed by atoms with Gasteiger partial charge in [0.05, 0.1) is 17.8 Å². The maximum absolute atomic E-state index is 12.7. The van der Waals surface area contributed by atoms with Crippen LogP contribution in [0.1, 0.15) is 92.7 Å². The summed E-state index contributed by atoms with van der Waals surface area (Å²) in [4.78, 5) is 24.7. The summed E-state index contributed by atoms with van der Waals surface area (Å²) in [5, 5.41) is 19.1. The van der Waals surface area contributed by atoms with E-state index >= 15 is 0 Å². The average Bonchev–Trinajstić information content (AvgIpc) is 3.34. The fourth-order valence-corrected chi connectivity index (χ4v) is 4.63. The first-order valence-electron chi connectivity index (χ1n) is 14.7. The van der Waals surface area contributed by atoms with Gasteiger partial charge in [0.25, 0.3) is 0 Å². The molecule has 40 heavy (non-hydrogen) atoms. The molecule has 0 bridgehead atoms. The predicted octanol–water partition coefficient (Wildman–Crippen LogP) is 5.00. The monoisotopic (exact) mass is 562 g/mol. The molecule has 0 saturated carbocycles. The molecule has 1 amide bonds. The maximum atomic E-state index is 12.7. The zero-order valence-corrected chi connectivity index (χ0v) is 26.2. The number of rotatable bonds is 15. The molecule has 9 heteroatoms. The molecular formula is C31H54N4O5. The number of nitrogens with zero attached hydrogens (tertiary/aromatic N) is 2. The minimum absolute atomic E-state index is 0.0822. The number of aryl methyl sites for hydroxylation is 1. The number of aromatic nitrogens is 2. The van der Waals surface area contributed by atoms with Crippen LogP contribution in [-0.4, -0.2) is 59.2 Å². The van der Waals surface area contributed by atoms with Crippen LogP contribution in [0.3, 0.4) is 0 Å². The molecule has 0 saturated heterocycles. The van der Waals surface area contributed by atoms with E-state index in [4.69, 9.17) is 10.5 Å². The van der Waals surface area contributed by atoms with Gasteiger partial charge in [0.15, 0.2) is 0 Å². The molecule has 228 valence electrons. The fraction of sp³-hybridized carbons (Fsp3) is 0.710. The summed E-state index contributed by atoms with van der Waals surface area (Å²) in [6, 6.07) is 5.38. The van der Waals surface area contributed by atoms with Crippen molar-refractivity contribution < 1.29 is 24.2 Å². The maximum Gasteiger partial charge on any atom is 0.303 e. The largest absolute Gasteiger partial charge is 0.457 e. The Bertz CT molecular complexity index is 1030. The van der Waals surface area contributed by atoms with E-state index in [1.807, 2.05) is 56.8 Å². The Morgan fingerprint density at radius 2 is 1.85 bits per heavy atom. The van der Waals surface area contributed by atoms with Crippen LogP contribution >= 0.6 is 0 Å². The third-order valence-corrected chi connectivity index (χ3v) is 7.40. The van der Waals surface area contributed by atoms with E-state index in [1.54, 1.807) is 7.11 Å². The number of aliphatic hydroxyl groups excluding tert-OH is 1. The van der Waals surface area contributed by atoms with Gasteiger partial charge in [0.2, 0.25) is 5.91 Å². The first-order chi connectivity index (χ1) is 18.8. The Morgan fingerprint density at radius 1 is 1.20 bits per heavy atom. The fourth-order valence-electron chi connectivity index (χ4n) is 4.63. The van der Waals surface area contributed by atoms with Crippen LogP contribution in [0.25, 0.3) is 10.9 Å². The summed E-state index contributed by atoms with van der Waals surface area (Å²) in [5.41, 5.74) is 7.80. The van der Waals surface area contributed by atoms with Crippen molar-refractivity contribution in [3.05, 3.63) is 30.0 Å². The topological polar surface area (TPSA) is 129 Å². The molecule has 0 aliphatic carbocycles. The normalized spacial score (nSPS) is 14.7. The number of aliphatic hydroxyl groups is 1. The third-order valence-electron chi connectivity index (χ3n) is 7.40. The van der Waals surface area contributed by atoms with Gasteiger partial charge in [-0.25, -0.2) is 0 Å². The molecule has 9 nitrogen and oxygen atoms in total. The molecule has 2 aromatic rings. The lowest BCUT2D eigenvalue weighted by atomic mass is 9.80. The number of unbranched alkanes of at least 4 members (excludes halogenated alkanes) is 1. The van der Waals surface area contributed by atoms with E-state index in [9.17, 15) is 14.7 Å². The van der Waals surface area contributed by atoms with Gasteiger partial charge in [-0.15, -0.1) is 0 Å². The van der Waals surface area contributed by atoms with Crippen LogP contribution in [-0.2, 0) is 25.6 Å². The Kier molecular flexibility index (Phi) is 15.4. The van der Waals surface area contributed by atoms with Crippen molar-refractivity contribution in [1.29, 1.82) is 0 Å². The quantitative estimate of drug-likeness (QED) is 0.261. The number of nitrogens with two attached hydrogens (primary N) is 1. The summed E-state index contributed by atoms with van der Waals surface area (Å²) < 4.78 is 12.3. The van der Waals surface area contributed by atoms with Crippen molar-refractivity contribution >= 4 is 22.8 Å². The second-order valence-electron chi connectivity index (χ2n) is 11.5. The number of hydrogen-bond acceptors (Lipinski definition) is 7. The molecule has 1 aromatic heterocycles. The second kappa shape index (κ2) is 17.4. The van der Waals surface area contributed by atoms with E-state index < -0.39 is 23.7 Å². The van der Waals surface area contributed by atoms with Gasteiger partial charge in [-0.2, -0.15) is 5.10 Å². The van der Waals surface area contributed by atoms with Crippen LogP contribution in [0.5, 0.6) is 0 Å². The van der Waals surface area contributed by atoms with E-state index in [2.05, 4.69) is 35.9 Å². The van der Waals surface area contributed by atoms with Gasteiger partial charge in [-0.3, -0.25) is 14.3 Å². The number of fused-ring (bicyclic) bond motifs is 1. The van der Waals surface area contributed by atoms with Crippen molar-refractivity contribution in [2.75, 3.05) is 20.3 Å². The first kappa shape index (κ1) is 35.5. The Balaban J connectivity index is 0.00000187. The second-order valence-corrected chi connectivity index (χ2v) is 11.5. The lowest BCUT2D eigenvalue weighted by Crippen LogP contribution is -2.47. The van der Waals surface area contributed by atoms with E-state index in [0.717, 1.165) is 48.9 Å². The summed E-state index contributed by atoms with van der Waals surface area (Å²) in [5.74, 6) is -0.459. The number of amides is 1. The van der Waals surface area contributed by atoms with Gasteiger partial charge in [0, 0.05) is 56.5 Å². The van der Waals surface area contributed by atoms with Gasteiger partial charge in [0.1, 0.15) is 6.10 Å². The Labute approximate surface area is 241 Å². The Hall–Kier alpha value is -2.49. The number of methoxy groups -OCH3 is 1. The molecular weight excluding hydrogens is 508 g/mol. The number of nitrogens with one attached hydrogen (secondary N) is 1. The molecule has 0 fully saturated rings. The van der Waals surface area contributed by atoms with Crippen LogP contribution in [0.15, 0.2) is 24.4 Å². The molecule has 1 heterocycles. The molecule has 0 spiro atoms. The van der Waals surface area contributed by atoms with Crippen molar-refractivity contribution in [3.63, 3.8) is 0 Å². The van der Waals surface area contributed by atoms with Gasteiger partial charge >= 0.3 is 5.97 Å². The van der Waals surface area contributed by atoms with Gasteiger partial charge in [-0.1, -0.05) is 59.6 Å². The molecule has 0 radical (unpaired) electrons. The van der Waals surface area contributed by atoms with E-state index in [1.165, 1.54) is 6.92 Å². The Morgan fingerprint density at radius 3 is 2.38 bits per heavy atom. The van der Waals surface area contributed by atoms with Gasteiger partial charge in [-0.05, 0) is 44.2 Å². The predicted molar refractivity (Wildman–Crippen MR) is 161 cm³/mol. The van der Waals surface area contributed by atoms with Crippen molar-refractivity contribution in [2.45, 2.75) is 106 Å². The zero-order chi connectivity index (χ0) is 30.5. The minimum Gasteiger partial charge on any atom is -0.457 e. The smallest absolute Gasteiger partial charge is 0.303 e. The number of carbonyl (C=O) groups is 2. The van der Waals surface area contributed by atoms with Crippen LogP contribution in [0, 0.1) is 17.3 Å². The van der Waals surface area contributed by atoms with Crippen LogP contribution < -0.4 is 11.1 Å². The summed E-state index contributed by atoms with van der Waals surface area (Å²) in [7, 11) is 1.68. The van der Waals surface area contributed by atoms with E-state index in [-0.39, 0.29) is 30.3 Å². The first-order valence-corrected chi connectivity index (χ1v) is 14.7. The van der Waals surface area contributed by atoms with Crippen molar-refractivity contribution in [3.8, 4) is 0 Å². The standard InChI is InChI=1S/C28H46N4O4.C3H8O/c1-8-10-13-28(6,7)27(35)30-17-25(34)23(29)15-22(18(3)4)26(36-19(5)33)20-11-12-21-16-31-32(9-2)24(21)14-20;1-3-4-2/h11-12,14,16,18,22-23,25-26,34H,8-10,13,15,17,29H2,1-7H3,(H,30,35);3H2,1-2H3. The zero-order valence-electron chi connectivity index (χ0n) is 26.2. The molecule has 4 atom stereocenters. The molecule has 1 aromatic carbocycles. The summed E-state index contributed by atoms with van der Waals surface area (Å²) in [6.45, 7) is 17.1. The number of benzene rings is 1. The summed E-state index contributed by atoms with van der Waals surface area (Å²) in [6.07, 6.45) is 3.61. The number of carbonyl (C=O) groups excluding carboxylic acids is 2. The third kappa shape index (κ3) is 10.8. The van der Waals surface area contributed by atoms with Crippen LogP contribution in [0.2, 0.25) is 0 Å². The van der Waals surface area contributed by atoms with E-state index in [0.29, 0.717) is 6.42 Å². The highest BCUT2D eigenvalue weighted by Gasteiger charge is 2.33. The highest BCUT2D eigenvalue weighted by Crippen LogP contribution is 2.36. The summed E-state index contributed by atoms with van der Waals surface area (Å²) >= 11 is 0.